The van der Waals surface area contributed by atoms with Gasteiger partial charge in [0.2, 0.25) is 0 Å². The molecule has 0 aromatic heterocycles. The van der Waals surface area contributed by atoms with Gasteiger partial charge < -0.3 is 4.74 Å². The van der Waals surface area contributed by atoms with Crippen LogP contribution >= 0.6 is 0 Å². The predicted molar refractivity (Wildman–Crippen MR) is 47.5 cm³/mol. The lowest BCUT2D eigenvalue weighted by atomic mass is 10.1. The highest BCUT2D eigenvalue weighted by Gasteiger charge is 2.70. The van der Waals surface area contributed by atoms with Gasteiger partial charge in [-0.2, -0.15) is 26.3 Å². The second kappa shape index (κ2) is 4.53. The van der Waals surface area contributed by atoms with Crippen molar-refractivity contribution in [3.05, 3.63) is 29.8 Å². The number of para-hydroxylation sites is 1. The Morgan fingerprint density at radius 1 is 0.842 bits per heavy atom. The molecule has 0 fully saturated rings. The van der Waals surface area contributed by atoms with E-state index in [1.54, 1.807) is 0 Å². The van der Waals surface area contributed by atoms with Crippen LogP contribution in [0.15, 0.2) is 18.2 Å². The van der Waals surface area contributed by atoms with E-state index in [9.17, 15) is 35.1 Å². The number of ether oxygens (including phenoxy) is 1. The zero-order valence-electron chi connectivity index (χ0n) is 9.16. The molecule has 0 aliphatic rings. The van der Waals surface area contributed by atoms with Gasteiger partial charge in [0.25, 0.3) is 5.60 Å². The van der Waals surface area contributed by atoms with E-state index in [1.807, 2.05) is 0 Å². The van der Waals surface area contributed by atoms with Crippen molar-refractivity contribution < 1.29 is 39.9 Å². The van der Waals surface area contributed by atoms with E-state index in [-0.39, 0.29) is 6.92 Å². The van der Waals surface area contributed by atoms with Crippen LogP contribution in [-0.2, 0) is 0 Å². The second-order valence-corrected chi connectivity index (χ2v) is 3.68. The molecule has 0 atom stereocenters. The smallest absolute Gasteiger partial charge is 0.437 e. The van der Waals surface area contributed by atoms with Crippen molar-refractivity contribution in [2.24, 2.45) is 0 Å². The lowest BCUT2D eigenvalue weighted by Crippen LogP contribution is -2.58. The summed E-state index contributed by atoms with van der Waals surface area (Å²) < 4.78 is 104. The highest BCUT2D eigenvalue weighted by molar-refractivity contribution is 5.27. The predicted octanol–water partition coefficient (Wildman–Crippen LogP) is 4.23. The molecule has 0 spiro atoms. The molecule has 0 amide bonds. The molecule has 0 unspecified atom stereocenters. The quantitative estimate of drug-likeness (QED) is 0.742. The third kappa shape index (κ3) is 2.74. The van der Waals surface area contributed by atoms with Crippen molar-refractivity contribution in [1.29, 1.82) is 0 Å². The van der Waals surface area contributed by atoms with E-state index >= 15 is 0 Å². The third-order valence-electron chi connectivity index (χ3n) is 2.31. The number of rotatable bonds is 2. The van der Waals surface area contributed by atoms with Gasteiger partial charge in [-0.15, -0.1) is 0 Å². The molecule has 1 nitrogen and oxygen atoms in total. The number of benzene rings is 1. The van der Waals surface area contributed by atoms with Crippen molar-refractivity contribution >= 4 is 0 Å². The first-order valence-electron chi connectivity index (χ1n) is 4.66. The summed E-state index contributed by atoms with van der Waals surface area (Å²) in [6.45, 7) is -0.348. The molecular weight excluding hydrogens is 288 g/mol. The molecule has 108 valence electrons. The van der Waals surface area contributed by atoms with Gasteiger partial charge in [0.1, 0.15) is 0 Å². The molecule has 0 N–H and O–H groups in total. The monoisotopic (exact) mass is 294 g/mol. The fraction of sp³-hybridized carbons (Fsp3) is 0.400. The maximum Gasteiger partial charge on any atom is 0.437 e. The molecule has 1 aromatic rings. The van der Waals surface area contributed by atoms with Crippen molar-refractivity contribution in [2.45, 2.75) is 24.9 Å². The minimum atomic E-state index is -5.90. The summed E-state index contributed by atoms with van der Waals surface area (Å²) in [6, 6.07) is 1.73. The van der Waals surface area contributed by atoms with Crippen LogP contribution in [0.5, 0.6) is 5.75 Å². The van der Waals surface area contributed by atoms with E-state index in [4.69, 9.17) is 0 Å². The molecule has 9 heteroatoms. The summed E-state index contributed by atoms with van der Waals surface area (Å²) in [5.74, 6) is -5.07. The van der Waals surface area contributed by atoms with Crippen molar-refractivity contribution in [3.63, 3.8) is 0 Å². The van der Waals surface area contributed by atoms with Crippen molar-refractivity contribution in [1.82, 2.24) is 0 Å². The largest absolute Gasteiger partial charge is 0.462 e. The molecule has 0 saturated heterocycles. The molecule has 0 radical (unpaired) electrons. The molecule has 0 aliphatic carbocycles. The Bertz CT molecular complexity index is 427. The van der Waals surface area contributed by atoms with Crippen LogP contribution in [0.1, 0.15) is 6.92 Å². The average molecular weight is 294 g/mol. The maximum atomic E-state index is 13.1. The summed E-state index contributed by atoms with van der Waals surface area (Å²) in [7, 11) is 0. The van der Waals surface area contributed by atoms with Gasteiger partial charge in [0.05, 0.1) is 0 Å². The molecule has 0 saturated carbocycles. The average Bonchev–Trinajstić information content (AvgIpc) is 2.20. The summed E-state index contributed by atoms with van der Waals surface area (Å²) in [5.41, 5.74) is -4.72. The number of hydrogen-bond acceptors (Lipinski definition) is 1. The van der Waals surface area contributed by atoms with Crippen LogP contribution in [0, 0.1) is 11.6 Å². The van der Waals surface area contributed by atoms with Crippen LogP contribution in [0.2, 0.25) is 0 Å². The van der Waals surface area contributed by atoms with Crippen LogP contribution in [-0.4, -0.2) is 18.0 Å². The fourth-order valence-electron chi connectivity index (χ4n) is 1.06. The Labute approximate surface area is 101 Å². The van der Waals surface area contributed by atoms with Gasteiger partial charge in [-0.3, -0.25) is 0 Å². The zero-order valence-corrected chi connectivity index (χ0v) is 9.16. The first kappa shape index (κ1) is 15.5. The summed E-state index contributed by atoms with van der Waals surface area (Å²) in [6.07, 6.45) is -11.8. The normalized spacial score (nSPS) is 13.5. The lowest BCUT2D eigenvalue weighted by molar-refractivity contribution is -0.351. The highest BCUT2D eigenvalue weighted by atomic mass is 19.4. The van der Waals surface area contributed by atoms with E-state index in [0.29, 0.717) is 12.1 Å². The van der Waals surface area contributed by atoms with Gasteiger partial charge in [-0.1, -0.05) is 6.07 Å². The first-order valence-corrected chi connectivity index (χ1v) is 4.66. The SMILES string of the molecule is CC(Oc1c(F)cccc1F)(C(F)(F)F)C(F)(F)F. The van der Waals surface area contributed by atoms with Gasteiger partial charge in [0.15, 0.2) is 17.4 Å². The fourth-order valence-corrected chi connectivity index (χ4v) is 1.06. The molecule has 1 aromatic carbocycles. The zero-order chi connectivity index (χ0) is 15.1. The Balaban J connectivity index is 3.32. The van der Waals surface area contributed by atoms with E-state index in [1.165, 1.54) is 0 Å². The third-order valence-corrected chi connectivity index (χ3v) is 2.31. The molecular formula is C10H6F8O. The second-order valence-electron chi connectivity index (χ2n) is 3.68. The number of halogens is 8. The molecule has 19 heavy (non-hydrogen) atoms. The molecule has 0 heterocycles. The minimum Gasteiger partial charge on any atom is -0.462 e. The van der Waals surface area contributed by atoms with Crippen molar-refractivity contribution in [2.75, 3.05) is 0 Å². The molecule has 1 rings (SSSR count). The lowest BCUT2D eigenvalue weighted by Gasteiger charge is -2.34. The van der Waals surface area contributed by atoms with Gasteiger partial charge in [-0.05, 0) is 19.1 Å². The summed E-state index contributed by atoms with van der Waals surface area (Å²) in [4.78, 5) is 0. The molecule has 0 bridgehead atoms. The van der Waals surface area contributed by atoms with Crippen LogP contribution in [0.3, 0.4) is 0 Å². The number of alkyl halides is 6. The molecule has 0 aliphatic heterocycles. The Kier molecular flexibility index (Phi) is 3.70. The van der Waals surface area contributed by atoms with E-state index < -0.39 is 35.3 Å². The van der Waals surface area contributed by atoms with Crippen molar-refractivity contribution in [3.8, 4) is 5.75 Å². The Hall–Kier alpha value is -1.54. The van der Waals surface area contributed by atoms with E-state index in [2.05, 4.69) is 4.74 Å². The van der Waals surface area contributed by atoms with E-state index in [0.717, 1.165) is 6.07 Å². The number of hydrogen-bond donors (Lipinski definition) is 0. The maximum absolute atomic E-state index is 13.1. The van der Waals surface area contributed by atoms with Crippen LogP contribution in [0.25, 0.3) is 0 Å². The standard InChI is InChI=1S/C10H6F8O/c1-8(9(13,14)15,10(16,17)18)19-7-5(11)3-2-4-6(7)12/h2-4H,1H3. The minimum absolute atomic E-state index is 0.348. The summed E-state index contributed by atoms with van der Waals surface area (Å²) >= 11 is 0. The van der Waals surface area contributed by atoms with Crippen LogP contribution in [0.4, 0.5) is 35.1 Å². The van der Waals surface area contributed by atoms with Gasteiger partial charge in [0, 0.05) is 0 Å². The first-order chi connectivity index (χ1) is 8.40. The highest BCUT2D eigenvalue weighted by Crippen LogP contribution is 2.46. The summed E-state index contributed by atoms with van der Waals surface area (Å²) in [5, 5.41) is 0. The topological polar surface area (TPSA) is 9.23 Å². The Morgan fingerprint density at radius 3 is 1.53 bits per heavy atom. The van der Waals surface area contributed by atoms with Crippen LogP contribution < -0.4 is 4.74 Å². The Morgan fingerprint density at radius 2 is 1.21 bits per heavy atom. The van der Waals surface area contributed by atoms with Gasteiger partial charge >= 0.3 is 12.4 Å². The van der Waals surface area contributed by atoms with Gasteiger partial charge in [-0.25, -0.2) is 8.78 Å².